The van der Waals surface area contributed by atoms with Crippen molar-refractivity contribution >= 4 is 33.6 Å². The number of aliphatic hydroxyl groups is 2. The predicted octanol–water partition coefficient (Wildman–Crippen LogP) is 2.79. The van der Waals surface area contributed by atoms with Gasteiger partial charge in [0.25, 0.3) is 0 Å². The van der Waals surface area contributed by atoms with Crippen molar-refractivity contribution in [2.75, 3.05) is 24.7 Å². The highest BCUT2D eigenvalue weighted by Gasteiger charge is 2.51. The molecule has 2 saturated heterocycles. The second-order valence-electron chi connectivity index (χ2n) is 13.0. The van der Waals surface area contributed by atoms with E-state index >= 15 is 0 Å². The van der Waals surface area contributed by atoms with Crippen LogP contribution in [0.15, 0.2) is 58.3 Å². The zero-order chi connectivity index (χ0) is 33.2. The molecule has 3 heterocycles. The van der Waals surface area contributed by atoms with Gasteiger partial charge in [0.15, 0.2) is 6.29 Å². The largest absolute Gasteiger partial charge is 0.465 e. The highest BCUT2D eigenvalue weighted by atomic mass is 32.2. The van der Waals surface area contributed by atoms with Crippen LogP contribution in [0.4, 0.5) is 10.5 Å². The maximum absolute atomic E-state index is 14.2. The van der Waals surface area contributed by atoms with Gasteiger partial charge in [-0.3, -0.25) is 5.32 Å². The summed E-state index contributed by atoms with van der Waals surface area (Å²) in [5.41, 5.74) is 1.66. The van der Waals surface area contributed by atoms with Gasteiger partial charge in [-0.1, -0.05) is 55.9 Å². The third-order valence-electron chi connectivity index (χ3n) is 8.67. The van der Waals surface area contributed by atoms with Gasteiger partial charge in [-0.15, -0.1) is 0 Å². The number of anilines is 1. The van der Waals surface area contributed by atoms with Gasteiger partial charge in [0, 0.05) is 23.4 Å². The lowest BCUT2D eigenvalue weighted by molar-refractivity contribution is -0.176. The summed E-state index contributed by atoms with van der Waals surface area (Å²) < 4.78 is 42.4. The molecule has 6 N–H and O–H groups in total. The van der Waals surface area contributed by atoms with Crippen molar-refractivity contribution in [3.8, 4) is 0 Å². The summed E-state index contributed by atoms with van der Waals surface area (Å²) >= 11 is 1.56. The highest BCUT2D eigenvalue weighted by Crippen LogP contribution is 2.44. The van der Waals surface area contributed by atoms with Gasteiger partial charge in [-0.2, -0.15) is 0 Å². The molecule has 0 saturated carbocycles. The minimum absolute atomic E-state index is 0.0166. The molecule has 3 aliphatic rings. The van der Waals surface area contributed by atoms with Crippen molar-refractivity contribution in [3.05, 3.63) is 54.1 Å². The fraction of sp³-hybridized carbons (Fsp3) is 0.594. The molecular weight excluding hydrogens is 633 g/mol. The number of carboxylic acid groups (broad SMARTS) is 1. The number of benzene rings is 2. The number of carbonyl (C=O) groups is 1. The van der Waals surface area contributed by atoms with Crippen LogP contribution in [0.2, 0.25) is 0 Å². The molecule has 2 fully saturated rings. The fourth-order valence-corrected chi connectivity index (χ4v) is 9.48. The quantitative estimate of drug-likeness (QED) is 0.184. The van der Waals surface area contributed by atoms with Gasteiger partial charge < -0.3 is 35.0 Å². The van der Waals surface area contributed by atoms with Crippen molar-refractivity contribution in [3.63, 3.8) is 0 Å². The molecule has 2 aromatic rings. The van der Waals surface area contributed by atoms with Gasteiger partial charge in [0.1, 0.15) is 5.50 Å². The minimum Gasteiger partial charge on any atom is -0.465 e. The van der Waals surface area contributed by atoms with Crippen molar-refractivity contribution < 1.29 is 38.0 Å². The maximum atomic E-state index is 14.2. The number of nitrogens with one attached hydrogen (secondary N) is 3. The van der Waals surface area contributed by atoms with Gasteiger partial charge in [0.2, 0.25) is 10.0 Å². The zero-order valence-electron chi connectivity index (χ0n) is 26.6. The Labute approximate surface area is 275 Å². The Hall–Kier alpha value is -2.43. The summed E-state index contributed by atoms with van der Waals surface area (Å²) in [6, 6.07) is 12.1. The minimum atomic E-state index is -4.24. The number of rotatable bonds is 13. The number of nitrogens with zero attached hydrogens (tertiary/aromatic N) is 1. The van der Waals surface area contributed by atoms with Crippen molar-refractivity contribution in [2.24, 2.45) is 17.8 Å². The Morgan fingerprint density at radius 3 is 2.52 bits per heavy atom. The van der Waals surface area contributed by atoms with Crippen molar-refractivity contribution in [1.82, 2.24) is 15.4 Å². The van der Waals surface area contributed by atoms with E-state index in [9.17, 15) is 28.5 Å². The first-order valence-electron chi connectivity index (χ1n) is 15.8. The van der Waals surface area contributed by atoms with Gasteiger partial charge in [-0.25, -0.2) is 17.9 Å². The monoisotopic (exact) mass is 678 g/mol. The van der Waals surface area contributed by atoms with E-state index in [1.807, 2.05) is 36.4 Å². The summed E-state index contributed by atoms with van der Waals surface area (Å²) in [5.74, 6) is -0.849. The van der Waals surface area contributed by atoms with E-state index in [-0.39, 0.29) is 36.1 Å². The average Bonchev–Trinajstić information content (AvgIpc) is 3.54. The summed E-state index contributed by atoms with van der Waals surface area (Å²) in [4.78, 5) is 15.0. The van der Waals surface area contributed by atoms with Crippen LogP contribution in [0.1, 0.15) is 39.7 Å². The molecule has 0 aromatic heterocycles. The van der Waals surface area contributed by atoms with Crippen molar-refractivity contribution in [1.29, 1.82) is 0 Å². The molecule has 0 spiro atoms. The number of thioether (sulfide) groups is 1. The van der Waals surface area contributed by atoms with Crippen LogP contribution in [0.3, 0.4) is 0 Å². The molecular formula is C32H46N4O8S2. The molecule has 46 heavy (non-hydrogen) atoms. The molecule has 0 bridgehead atoms. The fourth-order valence-electron chi connectivity index (χ4n) is 6.67. The molecule has 254 valence electrons. The Kier molecular flexibility index (Phi) is 11.2. The molecule has 2 unspecified atom stereocenters. The molecule has 5 rings (SSSR count). The summed E-state index contributed by atoms with van der Waals surface area (Å²) in [7, 11) is -4.24. The average molecular weight is 679 g/mol. The smallest absolute Gasteiger partial charge is 0.404 e. The van der Waals surface area contributed by atoms with Crippen LogP contribution in [0, 0.1) is 17.8 Å². The van der Waals surface area contributed by atoms with E-state index in [4.69, 9.17) is 9.47 Å². The first-order chi connectivity index (χ1) is 21.8. The van der Waals surface area contributed by atoms with Crippen LogP contribution >= 0.6 is 11.8 Å². The number of sulfonamides is 1. The molecule has 0 radical (unpaired) electrons. The second-order valence-corrected chi connectivity index (χ2v) is 15.9. The van der Waals surface area contributed by atoms with Crippen LogP contribution < -0.4 is 20.3 Å². The van der Waals surface area contributed by atoms with E-state index < -0.39 is 58.5 Å². The molecule has 0 aliphatic carbocycles. The lowest BCUT2D eigenvalue weighted by Gasteiger charge is -2.42. The van der Waals surface area contributed by atoms with Gasteiger partial charge >= 0.3 is 6.09 Å². The Morgan fingerprint density at radius 1 is 1.11 bits per heavy atom. The zero-order valence-corrected chi connectivity index (χ0v) is 28.2. The summed E-state index contributed by atoms with van der Waals surface area (Å²) in [6.07, 6.45) is -4.10. The number of hydrogen-bond acceptors (Lipinski definition) is 10. The number of ether oxygens (including phenoxy) is 2. The van der Waals surface area contributed by atoms with Gasteiger partial charge in [-0.05, 0) is 62.3 Å². The molecule has 12 nitrogen and oxygen atoms in total. The normalized spacial score (nSPS) is 26.5. The first kappa shape index (κ1) is 34.9. The molecule has 8 atom stereocenters. The van der Waals surface area contributed by atoms with E-state index in [2.05, 4.69) is 48.0 Å². The predicted molar refractivity (Wildman–Crippen MR) is 175 cm³/mol. The second kappa shape index (κ2) is 14.8. The SMILES string of the molecule is CC(C)CN1c2ccc(S(=O)(=O)NC([C@H]3CCO[C@H]4OC[C@H](O)[C@@H]43)[C@H](O)[C@H](Cc3ccccc3)NC(=O)O)cc2SC1NC(C)C. The van der Waals surface area contributed by atoms with E-state index in [1.54, 1.807) is 23.9 Å². The molecule has 1 amide bonds. The van der Waals surface area contributed by atoms with Crippen LogP contribution in [-0.2, 0) is 25.9 Å². The van der Waals surface area contributed by atoms with Crippen molar-refractivity contribution in [2.45, 2.75) is 92.4 Å². The van der Waals surface area contributed by atoms with Gasteiger partial charge in [0.05, 0.1) is 48.1 Å². The Balaban J connectivity index is 1.48. The standard InChI is InChI=1S/C32H46N4O8S2/c1-18(2)16-36-24-11-10-21(15-26(24)45-31(36)33-19(3)4)46(41,42)35-28(22-12-13-43-30-27(22)25(37)17-44-30)29(38)23(34-32(39)40)14-20-8-6-5-7-9-20/h5-11,15,18-19,22-23,25,27-31,33-35,37-38H,12-14,16-17H2,1-4H3,(H,39,40)/t22-,23-,25-,27-,28?,29+,30-,31?/m0/s1. The van der Waals surface area contributed by atoms with Crippen LogP contribution in [0.25, 0.3) is 0 Å². The highest BCUT2D eigenvalue weighted by molar-refractivity contribution is 8.00. The number of fused-ring (bicyclic) bond motifs is 2. The summed E-state index contributed by atoms with van der Waals surface area (Å²) in [5, 5.41) is 38.4. The number of aliphatic hydroxyl groups excluding tert-OH is 2. The molecule has 3 aliphatic heterocycles. The van der Waals surface area contributed by atoms with E-state index in [0.717, 1.165) is 22.7 Å². The van der Waals surface area contributed by atoms with E-state index in [1.165, 1.54) is 0 Å². The Morgan fingerprint density at radius 2 is 1.85 bits per heavy atom. The molecule has 2 aromatic carbocycles. The lowest BCUT2D eigenvalue weighted by Crippen LogP contribution is -2.60. The Bertz CT molecular complexity index is 1440. The number of amides is 1. The summed E-state index contributed by atoms with van der Waals surface area (Å²) in [6.45, 7) is 9.45. The lowest BCUT2D eigenvalue weighted by atomic mass is 9.76. The maximum Gasteiger partial charge on any atom is 0.404 e. The molecule has 14 heteroatoms. The van der Waals surface area contributed by atoms with Crippen LogP contribution in [0.5, 0.6) is 0 Å². The first-order valence-corrected chi connectivity index (χ1v) is 18.2. The van der Waals surface area contributed by atoms with Crippen LogP contribution in [-0.4, -0.2) is 91.7 Å². The third kappa shape index (κ3) is 7.98. The third-order valence-corrected chi connectivity index (χ3v) is 11.3. The van der Waals surface area contributed by atoms with E-state index in [0.29, 0.717) is 12.3 Å². The number of hydrogen-bond donors (Lipinski definition) is 6. The topological polar surface area (TPSA) is 170 Å².